The lowest BCUT2D eigenvalue weighted by molar-refractivity contribution is -0.141. The van der Waals surface area contributed by atoms with Gasteiger partial charge in [0, 0.05) is 6.20 Å². The Balaban J connectivity index is 2.19. The second-order valence-corrected chi connectivity index (χ2v) is 4.39. The van der Waals surface area contributed by atoms with Gasteiger partial charge >= 0.3 is 6.18 Å². The number of halogens is 5. The summed E-state index contributed by atoms with van der Waals surface area (Å²) in [5.41, 5.74) is -1.43. The van der Waals surface area contributed by atoms with Crippen LogP contribution in [0, 0.1) is 5.82 Å². The van der Waals surface area contributed by atoms with E-state index >= 15 is 0 Å². The molecule has 1 heterocycles. The molecule has 1 N–H and O–H groups in total. The number of benzene rings is 1. The van der Waals surface area contributed by atoms with Crippen LogP contribution in [0.25, 0.3) is 0 Å². The van der Waals surface area contributed by atoms with Gasteiger partial charge in [0.2, 0.25) is 0 Å². The zero-order valence-electron chi connectivity index (χ0n) is 10.2. The lowest BCUT2D eigenvalue weighted by Gasteiger charge is -2.08. The normalized spacial score (nSPS) is 11.3. The number of hydrogen-bond acceptors (Lipinski definition) is 2. The minimum atomic E-state index is -4.59. The lowest BCUT2D eigenvalue weighted by atomic mass is 10.2. The molecule has 0 saturated heterocycles. The first-order valence-corrected chi connectivity index (χ1v) is 5.95. The third kappa shape index (κ3) is 3.49. The van der Waals surface area contributed by atoms with Crippen molar-refractivity contribution in [1.29, 1.82) is 0 Å². The minimum absolute atomic E-state index is 0.137. The van der Waals surface area contributed by atoms with Gasteiger partial charge in [-0.3, -0.25) is 9.78 Å². The van der Waals surface area contributed by atoms with Crippen LogP contribution in [0.4, 0.5) is 23.2 Å². The smallest absolute Gasteiger partial charge is 0.319 e. The zero-order valence-corrected chi connectivity index (χ0v) is 11.0. The van der Waals surface area contributed by atoms with Gasteiger partial charge in [0.05, 0.1) is 16.3 Å². The first kappa shape index (κ1) is 15.2. The summed E-state index contributed by atoms with van der Waals surface area (Å²) >= 11 is 5.55. The summed E-state index contributed by atoms with van der Waals surface area (Å²) < 4.78 is 50.6. The molecule has 0 aliphatic carbocycles. The molecule has 0 atom stereocenters. The first-order valence-electron chi connectivity index (χ1n) is 5.57. The highest BCUT2D eigenvalue weighted by molar-refractivity contribution is 6.31. The molecule has 2 rings (SSSR count). The predicted octanol–water partition coefficient (Wildman–Crippen LogP) is 4.15. The third-order valence-corrected chi connectivity index (χ3v) is 2.81. The fraction of sp³-hybridized carbons (Fsp3) is 0.0769. The van der Waals surface area contributed by atoms with E-state index < -0.39 is 23.6 Å². The van der Waals surface area contributed by atoms with Crippen LogP contribution >= 0.6 is 11.6 Å². The van der Waals surface area contributed by atoms with Crippen LogP contribution < -0.4 is 5.32 Å². The molecule has 1 aromatic carbocycles. The highest BCUT2D eigenvalue weighted by atomic mass is 35.5. The van der Waals surface area contributed by atoms with Crippen molar-refractivity contribution in [2.75, 3.05) is 5.32 Å². The van der Waals surface area contributed by atoms with Gasteiger partial charge in [-0.25, -0.2) is 4.39 Å². The summed E-state index contributed by atoms with van der Waals surface area (Å²) in [6.07, 6.45) is -3.82. The highest BCUT2D eigenvalue weighted by Crippen LogP contribution is 2.27. The molecule has 110 valence electrons. The average Bonchev–Trinajstić information content (AvgIpc) is 2.43. The standard InChI is InChI=1S/C13H7ClF4N2O/c14-8-2-1-3-9(11(8)15)20-12(21)7-4-5-10(19-6-7)13(16,17)18/h1-6H,(H,20,21). The number of aromatic nitrogens is 1. The quantitative estimate of drug-likeness (QED) is 0.845. The second-order valence-electron chi connectivity index (χ2n) is 3.99. The van der Waals surface area contributed by atoms with Gasteiger partial charge in [-0.2, -0.15) is 13.2 Å². The van der Waals surface area contributed by atoms with E-state index in [0.717, 1.165) is 12.3 Å². The van der Waals surface area contributed by atoms with Crippen molar-refractivity contribution >= 4 is 23.2 Å². The summed E-state index contributed by atoms with van der Waals surface area (Å²) in [5.74, 6) is -1.62. The topological polar surface area (TPSA) is 42.0 Å². The molecule has 8 heteroatoms. The Morgan fingerprint density at radius 1 is 1.19 bits per heavy atom. The Morgan fingerprint density at radius 2 is 1.90 bits per heavy atom. The second kappa shape index (κ2) is 5.69. The molecular weight excluding hydrogens is 312 g/mol. The Bertz CT molecular complexity index is 671. The molecule has 3 nitrogen and oxygen atoms in total. The third-order valence-electron chi connectivity index (χ3n) is 2.52. The number of alkyl halides is 3. The maximum absolute atomic E-state index is 13.6. The number of carbonyl (C=O) groups excluding carboxylic acids is 1. The SMILES string of the molecule is O=C(Nc1cccc(Cl)c1F)c1ccc(C(F)(F)F)nc1. The average molecular weight is 319 g/mol. The summed E-state index contributed by atoms with van der Waals surface area (Å²) in [4.78, 5) is 14.9. The van der Waals surface area contributed by atoms with Gasteiger partial charge < -0.3 is 5.32 Å². The Kier molecular flexibility index (Phi) is 4.13. The van der Waals surface area contributed by atoms with Gasteiger partial charge in [0.15, 0.2) is 5.82 Å². The van der Waals surface area contributed by atoms with E-state index in [1.165, 1.54) is 18.2 Å². The molecule has 0 bridgehead atoms. The van der Waals surface area contributed by atoms with Gasteiger partial charge in [-0.05, 0) is 24.3 Å². The molecular formula is C13H7ClF4N2O. The number of rotatable bonds is 2. The molecule has 2 aromatic rings. The molecule has 1 amide bonds. The summed E-state index contributed by atoms with van der Waals surface area (Å²) in [6.45, 7) is 0. The molecule has 0 fully saturated rings. The van der Waals surface area contributed by atoms with Crippen LogP contribution in [0.15, 0.2) is 36.5 Å². The maximum Gasteiger partial charge on any atom is 0.433 e. The minimum Gasteiger partial charge on any atom is -0.319 e. The summed E-state index contributed by atoms with van der Waals surface area (Å²) in [5, 5.41) is 2.02. The summed E-state index contributed by atoms with van der Waals surface area (Å²) in [7, 11) is 0. The van der Waals surface area contributed by atoms with Crippen LogP contribution in [0.5, 0.6) is 0 Å². The van der Waals surface area contributed by atoms with Crippen molar-refractivity contribution in [3.63, 3.8) is 0 Å². The van der Waals surface area contributed by atoms with Crippen molar-refractivity contribution in [2.24, 2.45) is 0 Å². The molecule has 0 aliphatic heterocycles. The van der Waals surface area contributed by atoms with Crippen molar-refractivity contribution in [3.8, 4) is 0 Å². The number of hydrogen-bond donors (Lipinski definition) is 1. The highest BCUT2D eigenvalue weighted by Gasteiger charge is 2.32. The van der Waals surface area contributed by atoms with E-state index in [1.807, 2.05) is 0 Å². The largest absolute Gasteiger partial charge is 0.433 e. The van der Waals surface area contributed by atoms with Crippen LogP contribution in [-0.4, -0.2) is 10.9 Å². The molecule has 0 spiro atoms. The van der Waals surface area contributed by atoms with Crippen LogP contribution in [0.3, 0.4) is 0 Å². The van der Waals surface area contributed by atoms with Crippen molar-refractivity contribution < 1.29 is 22.4 Å². The van der Waals surface area contributed by atoms with Crippen molar-refractivity contribution in [1.82, 2.24) is 4.98 Å². The predicted molar refractivity (Wildman–Crippen MR) is 68.6 cm³/mol. The van der Waals surface area contributed by atoms with Gasteiger partial charge in [-0.15, -0.1) is 0 Å². The number of pyridine rings is 1. The van der Waals surface area contributed by atoms with Gasteiger partial charge in [-0.1, -0.05) is 17.7 Å². The molecule has 0 aliphatic rings. The van der Waals surface area contributed by atoms with E-state index in [4.69, 9.17) is 11.6 Å². The van der Waals surface area contributed by atoms with E-state index in [9.17, 15) is 22.4 Å². The fourth-order valence-corrected chi connectivity index (χ4v) is 1.67. The van der Waals surface area contributed by atoms with Crippen molar-refractivity contribution in [2.45, 2.75) is 6.18 Å². The number of nitrogens with one attached hydrogen (secondary N) is 1. The van der Waals surface area contributed by atoms with Gasteiger partial charge in [0.25, 0.3) is 5.91 Å². The molecule has 0 saturated carbocycles. The van der Waals surface area contributed by atoms with E-state index in [1.54, 1.807) is 0 Å². The Hall–Kier alpha value is -2.15. The number of anilines is 1. The van der Waals surface area contributed by atoms with E-state index in [-0.39, 0.29) is 16.3 Å². The number of amides is 1. The molecule has 1 aromatic heterocycles. The molecule has 0 unspecified atom stereocenters. The Morgan fingerprint density at radius 3 is 2.48 bits per heavy atom. The number of nitrogens with zero attached hydrogens (tertiary/aromatic N) is 1. The fourth-order valence-electron chi connectivity index (χ4n) is 1.49. The van der Waals surface area contributed by atoms with E-state index in [2.05, 4.69) is 10.3 Å². The first-order chi connectivity index (χ1) is 9.79. The van der Waals surface area contributed by atoms with Crippen LogP contribution in [0.1, 0.15) is 16.1 Å². The lowest BCUT2D eigenvalue weighted by Crippen LogP contribution is -2.15. The zero-order chi connectivity index (χ0) is 15.6. The van der Waals surface area contributed by atoms with Gasteiger partial charge in [0.1, 0.15) is 5.69 Å². The summed E-state index contributed by atoms with van der Waals surface area (Å²) in [6, 6.07) is 5.62. The van der Waals surface area contributed by atoms with Crippen molar-refractivity contribution in [3.05, 3.63) is 58.6 Å². The van der Waals surface area contributed by atoms with E-state index in [0.29, 0.717) is 6.07 Å². The molecule has 21 heavy (non-hydrogen) atoms. The molecule has 0 radical (unpaired) electrons. The Labute approximate surface area is 121 Å². The van der Waals surface area contributed by atoms with Crippen LogP contribution in [0.2, 0.25) is 5.02 Å². The number of carbonyl (C=O) groups is 1. The van der Waals surface area contributed by atoms with Crippen LogP contribution in [-0.2, 0) is 6.18 Å². The maximum atomic E-state index is 13.6. The monoisotopic (exact) mass is 318 g/mol.